The second kappa shape index (κ2) is 9.16. The minimum atomic E-state index is -4.60. The van der Waals surface area contributed by atoms with Gasteiger partial charge in [0.1, 0.15) is 11.6 Å². The molecule has 2 fully saturated rings. The summed E-state index contributed by atoms with van der Waals surface area (Å²) in [6, 6.07) is 4.47. The average Bonchev–Trinajstić information content (AvgIpc) is 3.49. The van der Waals surface area contributed by atoms with Crippen LogP contribution in [-0.2, 0) is 13.2 Å². The molecule has 2 saturated carbocycles. The first-order valence-corrected chi connectivity index (χ1v) is 11.7. The highest BCUT2D eigenvalue weighted by Crippen LogP contribution is 2.40. The van der Waals surface area contributed by atoms with Crippen molar-refractivity contribution >= 4 is 23.2 Å². The molecule has 8 nitrogen and oxygen atoms in total. The smallest absolute Gasteiger partial charge is 0.383 e. The Balaban J connectivity index is 1.20. The predicted octanol–water partition coefficient (Wildman–Crippen LogP) is 4.82. The Morgan fingerprint density at radius 3 is 2.56 bits per heavy atom. The van der Waals surface area contributed by atoms with Crippen LogP contribution in [0.25, 0.3) is 11.3 Å². The Kier molecular flexibility index (Phi) is 6.15. The summed E-state index contributed by atoms with van der Waals surface area (Å²) in [7, 11) is 1.76. The van der Waals surface area contributed by atoms with E-state index in [0.717, 1.165) is 61.9 Å². The Morgan fingerprint density at radius 1 is 1.17 bits per heavy atom. The highest BCUT2D eigenvalue weighted by atomic mass is 19.4. The van der Waals surface area contributed by atoms with E-state index in [1.807, 2.05) is 0 Å². The largest absolute Gasteiger partial charge is 0.416 e. The standard InChI is InChI=1S/C24H26F4N8/c1-36-21(29)19(13-31-36)20-6-9-30-22(33-20)32-16-2-4-17(5-3-16)34-23(7-8-23)35-18-11-14(24(26,27)28)10-15(25)12-18/h6,9-13,17,34-35H,2-5,7-8,29H2,1H3. The first-order valence-electron chi connectivity index (χ1n) is 11.7. The molecule has 1 aromatic carbocycles. The molecule has 0 spiro atoms. The van der Waals surface area contributed by atoms with E-state index in [2.05, 4.69) is 30.7 Å². The molecular formula is C24H26F4N8. The number of nitrogen functional groups attached to an aromatic ring is 1. The zero-order chi connectivity index (χ0) is 25.5. The van der Waals surface area contributed by atoms with Gasteiger partial charge in [0.05, 0.1) is 28.7 Å². The lowest BCUT2D eigenvalue weighted by Gasteiger charge is -2.30. The lowest BCUT2D eigenvalue weighted by Crippen LogP contribution is -2.46. The second-order valence-corrected chi connectivity index (χ2v) is 9.34. The van der Waals surface area contributed by atoms with E-state index in [1.54, 1.807) is 30.2 Å². The molecule has 190 valence electrons. The maximum absolute atomic E-state index is 13.8. The fourth-order valence-electron chi connectivity index (χ4n) is 4.47. The minimum Gasteiger partial charge on any atom is -0.383 e. The molecule has 0 unspecified atom stereocenters. The number of aromatic nitrogens is 4. The molecule has 2 aliphatic carbocycles. The molecular weight excluding hydrogens is 476 g/mol. The lowest BCUT2D eigenvalue weighted by atomic mass is 9.93. The topological polar surface area (TPSA) is 106 Å². The van der Waals surface area contributed by atoms with Crippen molar-refractivity contribution in [1.29, 1.82) is 0 Å². The highest BCUT2D eigenvalue weighted by molar-refractivity contribution is 5.87. The van der Waals surface area contributed by atoms with Crippen LogP contribution in [0, 0.1) is 5.82 Å². The van der Waals surface area contributed by atoms with E-state index in [1.165, 1.54) is 0 Å². The molecule has 5 rings (SSSR count). The number of hydrogen-bond donors (Lipinski definition) is 3. The van der Waals surface area contributed by atoms with Gasteiger partial charge in [-0.1, -0.05) is 0 Å². The van der Waals surface area contributed by atoms with Crippen molar-refractivity contribution in [2.45, 2.75) is 56.4 Å². The summed E-state index contributed by atoms with van der Waals surface area (Å²) in [5.41, 5.74) is 7.01. The molecule has 0 radical (unpaired) electrons. The van der Waals surface area contributed by atoms with Crippen LogP contribution < -0.4 is 16.4 Å². The number of rotatable bonds is 6. The zero-order valence-electron chi connectivity index (χ0n) is 19.6. The fraction of sp³-hybridized carbons (Fsp3) is 0.417. The number of hydrogen-bond acceptors (Lipinski definition) is 7. The molecule has 0 aliphatic heterocycles. The van der Waals surface area contributed by atoms with Crippen LogP contribution in [0.3, 0.4) is 0 Å². The number of nitrogens with one attached hydrogen (secondary N) is 2. The van der Waals surface area contributed by atoms with Gasteiger partial charge < -0.3 is 11.1 Å². The maximum atomic E-state index is 13.8. The van der Waals surface area contributed by atoms with Crippen molar-refractivity contribution in [2.75, 3.05) is 11.1 Å². The normalized spacial score (nSPS) is 19.2. The maximum Gasteiger partial charge on any atom is 0.416 e. The molecule has 3 aromatic rings. The molecule has 4 N–H and O–H groups in total. The summed E-state index contributed by atoms with van der Waals surface area (Å²) in [4.78, 5) is 13.4. The number of halogens is 4. The van der Waals surface area contributed by atoms with E-state index in [4.69, 9.17) is 5.73 Å². The Labute approximate surface area is 205 Å². The number of aliphatic imine (C=N–C) groups is 1. The first-order chi connectivity index (χ1) is 17.1. The van der Waals surface area contributed by atoms with E-state index in [0.29, 0.717) is 23.5 Å². The van der Waals surface area contributed by atoms with Crippen LogP contribution in [0.1, 0.15) is 44.1 Å². The average molecular weight is 503 g/mol. The van der Waals surface area contributed by atoms with Gasteiger partial charge in [-0.15, -0.1) is 0 Å². The molecule has 2 heterocycles. The predicted molar refractivity (Wildman–Crippen MR) is 128 cm³/mol. The van der Waals surface area contributed by atoms with Crippen LogP contribution >= 0.6 is 0 Å². The van der Waals surface area contributed by atoms with Gasteiger partial charge in [0.25, 0.3) is 0 Å². The molecule has 0 bridgehead atoms. The molecule has 0 saturated heterocycles. The zero-order valence-corrected chi connectivity index (χ0v) is 19.6. The van der Waals surface area contributed by atoms with Crippen molar-refractivity contribution in [3.63, 3.8) is 0 Å². The molecule has 2 aromatic heterocycles. The van der Waals surface area contributed by atoms with Crippen molar-refractivity contribution in [1.82, 2.24) is 25.1 Å². The third-order valence-electron chi connectivity index (χ3n) is 6.56. The number of nitrogens with zero attached hydrogens (tertiary/aromatic N) is 5. The molecule has 0 amide bonds. The van der Waals surface area contributed by atoms with Crippen LogP contribution in [0.5, 0.6) is 0 Å². The quantitative estimate of drug-likeness (QED) is 0.330. The molecule has 2 aliphatic rings. The van der Waals surface area contributed by atoms with E-state index in [-0.39, 0.29) is 11.7 Å². The van der Waals surface area contributed by atoms with Gasteiger partial charge in [0.2, 0.25) is 5.95 Å². The Morgan fingerprint density at radius 2 is 1.92 bits per heavy atom. The summed E-state index contributed by atoms with van der Waals surface area (Å²) < 4.78 is 54.5. The number of aryl methyl sites for hydroxylation is 1. The van der Waals surface area contributed by atoms with Crippen molar-refractivity contribution in [3.8, 4) is 11.3 Å². The van der Waals surface area contributed by atoms with Crippen LogP contribution in [-0.4, -0.2) is 37.2 Å². The van der Waals surface area contributed by atoms with E-state index >= 15 is 0 Å². The molecule has 36 heavy (non-hydrogen) atoms. The van der Waals surface area contributed by atoms with Gasteiger partial charge in [-0.3, -0.25) is 10.00 Å². The van der Waals surface area contributed by atoms with Crippen LogP contribution in [0.15, 0.2) is 41.7 Å². The van der Waals surface area contributed by atoms with Crippen LogP contribution in [0.2, 0.25) is 0 Å². The van der Waals surface area contributed by atoms with Gasteiger partial charge in [0.15, 0.2) is 0 Å². The van der Waals surface area contributed by atoms with Crippen molar-refractivity contribution < 1.29 is 17.6 Å². The summed E-state index contributed by atoms with van der Waals surface area (Å²) in [6.45, 7) is 0. The van der Waals surface area contributed by atoms with Gasteiger partial charge >= 0.3 is 6.18 Å². The van der Waals surface area contributed by atoms with Crippen molar-refractivity contribution in [2.24, 2.45) is 12.0 Å². The number of nitrogens with two attached hydrogens (primary N) is 1. The summed E-state index contributed by atoms with van der Waals surface area (Å²) >= 11 is 0. The van der Waals surface area contributed by atoms with Gasteiger partial charge in [-0.05, 0) is 62.8 Å². The number of anilines is 2. The summed E-state index contributed by atoms with van der Waals surface area (Å²) in [5.74, 6) is -0.0439. The Bertz CT molecular complexity index is 1290. The van der Waals surface area contributed by atoms with Crippen LogP contribution in [0.4, 0.5) is 35.0 Å². The fourth-order valence-corrected chi connectivity index (χ4v) is 4.47. The SMILES string of the molecule is Cn1ncc(-c2ccnc(N=C3CCC(NC4(Nc5cc(F)cc(C(F)(F)F)c5)CC4)CC3)n2)c1N. The van der Waals surface area contributed by atoms with E-state index < -0.39 is 23.2 Å². The minimum absolute atomic E-state index is 0.122. The third kappa shape index (κ3) is 5.32. The molecule has 0 atom stereocenters. The van der Waals surface area contributed by atoms with E-state index in [9.17, 15) is 17.6 Å². The summed E-state index contributed by atoms with van der Waals surface area (Å²) in [6.07, 6.45) is 3.31. The second-order valence-electron chi connectivity index (χ2n) is 9.34. The monoisotopic (exact) mass is 502 g/mol. The molecule has 12 heteroatoms. The number of benzene rings is 1. The van der Waals surface area contributed by atoms with Crippen molar-refractivity contribution in [3.05, 3.63) is 48.0 Å². The van der Waals surface area contributed by atoms with Gasteiger partial charge in [-0.2, -0.15) is 18.3 Å². The summed E-state index contributed by atoms with van der Waals surface area (Å²) in [5, 5.41) is 10.8. The van der Waals surface area contributed by atoms with Gasteiger partial charge in [-0.25, -0.2) is 19.4 Å². The highest BCUT2D eigenvalue weighted by Gasteiger charge is 2.44. The lowest BCUT2D eigenvalue weighted by molar-refractivity contribution is -0.137. The van der Waals surface area contributed by atoms with Gasteiger partial charge in [0, 0.05) is 30.7 Å². The third-order valence-corrected chi connectivity index (χ3v) is 6.56. The first kappa shape index (κ1) is 24.2. The Hall–Kier alpha value is -3.54. The number of alkyl halides is 3.